The Morgan fingerprint density at radius 2 is 2.07 bits per heavy atom. The van der Waals surface area contributed by atoms with Crippen LogP contribution in [0.4, 0.5) is 4.39 Å². The number of nitrogens with one attached hydrogen (secondary N) is 1. The molecule has 4 nitrogen and oxygen atoms in total. The molecule has 1 N–H and O–H groups in total. The second kappa shape index (κ2) is 7.62. The summed E-state index contributed by atoms with van der Waals surface area (Å²) in [5.41, 5.74) is 1.86. The summed E-state index contributed by atoms with van der Waals surface area (Å²) < 4.78 is 15.0. The van der Waals surface area contributed by atoms with E-state index < -0.39 is 0 Å². The minimum Gasteiger partial charge on any atom is -0.351 e. The van der Waals surface area contributed by atoms with Gasteiger partial charge in [0.05, 0.1) is 17.1 Å². The van der Waals surface area contributed by atoms with Gasteiger partial charge in [-0.15, -0.1) is 22.7 Å². The Kier molecular flexibility index (Phi) is 5.05. The highest BCUT2D eigenvalue weighted by molar-refractivity contribution is 7.20. The highest BCUT2D eigenvalue weighted by Crippen LogP contribution is 2.29. The number of halogens is 1. The van der Waals surface area contributed by atoms with Crippen molar-refractivity contribution >= 4 is 38.8 Å². The van der Waals surface area contributed by atoms with Crippen LogP contribution in [0.2, 0.25) is 0 Å². The highest BCUT2D eigenvalue weighted by Gasteiger charge is 2.16. The molecule has 138 valence electrons. The lowest BCUT2D eigenvalue weighted by Gasteiger charge is -2.03. The number of carbonyl (C=O) groups excluding carboxylic acids is 1. The van der Waals surface area contributed by atoms with Gasteiger partial charge in [-0.2, -0.15) is 5.10 Å². The molecule has 3 heterocycles. The average Bonchev–Trinajstić information content (AvgIpc) is 3.37. The molecule has 1 aromatic carbocycles. The molecule has 0 aliphatic heterocycles. The normalized spacial score (nSPS) is 11.2. The van der Waals surface area contributed by atoms with Crippen molar-refractivity contribution in [1.82, 2.24) is 15.1 Å². The molecule has 0 aliphatic carbocycles. The van der Waals surface area contributed by atoms with Crippen LogP contribution in [0.25, 0.3) is 10.2 Å². The van der Waals surface area contributed by atoms with E-state index in [0.29, 0.717) is 18.0 Å². The lowest BCUT2D eigenvalue weighted by Crippen LogP contribution is -2.24. The molecule has 0 atom stereocenters. The van der Waals surface area contributed by atoms with E-state index in [9.17, 15) is 9.18 Å². The molecule has 0 unspecified atom stereocenters. The van der Waals surface area contributed by atoms with Gasteiger partial charge in [0.2, 0.25) is 0 Å². The van der Waals surface area contributed by atoms with Gasteiger partial charge >= 0.3 is 0 Å². The first-order valence-electron chi connectivity index (χ1n) is 8.62. The zero-order valence-corrected chi connectivity index (χ0v) is 16.4. The van der Waals surface area contributed by atoms with Gasteiger partial charge < -0.3 is 5.32 Å². The summed E-state index contributed by atoms with van der Waals surface area (Å²) in [7, 11) is 0. The van der Waals surface area contributed by atoms with Crippen molar-refractivity contribution in [3.8, 4) is 0 Å². The van der Waals surface area contributed by atoms with Crippen molar-refractivity contribution in [3.63, 3.8) is 0 Å². The SMILES string of the molecule is Cc1nn(Cc2ccc(F)cc2)c2sc(C(=O)NCCc3cccs3)cc12. The molecule has 4 rings (SSSR count). The zero-order chi connectivity index (χ0) is 18.8. The minimum absolute atomic E-state index is 0.0551. The van der Waals surface area contributed by atoms with Crippen LogP contribution in [-0.4, -0.2) is 22.2 Å². The summed E-state index contributed by atoms with van der Waals surface area (Å²) in [4.78, 5) is 15.4. The predicted octanol–water partition coefficient (Wildman–Crippen LogP) is 4.63. The van der Waals surface area contributed by atoms with Crippen LogP contribution in [0.5, 0.6) is 0 Å². The van der Waals surface area contributed by atoms with E-state index in [4.69, 9.17) is 0 Å². The largest absolute Gasteiger partial charge is 0.351 e. The lowest BCUT2D eigenvalue weighted by atomic mass is 10.2. The summed E-state index contributed by atoms with van der Waals surface area (Å²) in [6.45, 7) is 3.10. The molecule has 0 spiro atoms. The van der Waals surface area contributed by atoms with Crippen LogP contribution in [0.1, 0.15) is 25.8 Å². The molecular weight excluding hydrogens is 381 g/mol. The van der Waals surface area contributed by atoms with Crippen LogP contribution in [0.3, 0.4) is 0 Å². The molecule has 0 saturated carbocycles. The summed E-state index contributed by atoms with van der Waals surface area (Å²) >= 11 is 3.14. The van der Waals surface area contributed by atoms with Crippen molar-refractivity contribution < 1.29 is 9.18 Å². The predicted molar refractivity (Wildman–Crippen MR) is 108 cm³/mol. The van der Waals surface area contributed by atoms with Crippen LogP contribution in [-0.2, 0) is 13.0 Å². The fourth-order valence-corrected chi connectivity index (χ4v) is 4.72. The lowest BCUT2D eigenvalue weighted by molar-refractivity contribution is 0.0958. The number of thiophene rings is 2. The van der Waals surface area contributed by atoms with E-state index in [1.165, 1.54) is 28.3 Å². The smallest absolute Gasteiger partial charge is 0.261 e. The van der Waals surface area contributed by atoms with Gasteiger partial charge in [0.25, 0.3) is 5.91 Å². The molecule has 27 heavy (non-hydrogen) atoms. The Morgan fingerprint density at radius 1 is 1.26 bits per heavy atom. The van der Waals surface area contributed by atoms with Gasteiger partial charge in [0.1, 0.15) is 10.6 Å². The van der Waals surface area contributed by atoms with Crippen LogP contribution < -0.4 is 5.32 Å². The standard InChI is InChI=1S/C20H18FN3OS2/c1-13-17-11-18(19(25)22-9-8-16-3-2-10-26-16)27-20(17)24(23-13)12-14-4-6-15(21)7-5-14/h2-7,10-11H,8-9,12H2,1H3,(H,22,25). The van der Waals surface area contributed by atoms with Gasteiger partial charge in [-0.05, 0) is 48.6 Å². The third-order valence-electron chi connectivity index (χ3n) is 4.31. The van der Waals surface area contributed by atoms with Gasteiger partial charge in [0.15, 0.2) is 0 Å². The van der Waals surface area contributed by atoms with Crippen LogP contribution >= 0.6 is 22.7 Å². The number of nitrogens with zero attached hydrogens (tertiary/aromatic N) is 2. The van der Waals surface area contributed by atoms with Crippen molar-refractivity contribution in [2.45, 2.75) is 19.9 Å². The molecule has 0 saturated heterocycles. The molecule has 1 amide bonds. The number of amides is 1. The maximum atomic E-state index is 13.1. The van der Waals surface area contributed by atoms with E-state index in [-0.39, 0.29) is 11.7 Å². The summed E-state index contributed by atoms with van der Waals surface area (Å²) in [5, 5.41) is 10.6. The molecule has 0 aliphatic rings. The molecule has 3 aromatic heterocycles. The highest BCUT2D eigenvalue weighted by atomic mass is 32.1. The first-order chi connectivity index (χ1) is 13.1. The van der Waals surface area contributed by atoms with Gasteiger partial charge in [-0.1, -0.05) is 18.2 Å². The third-order valence-corrected chi connectivity index (χ3v) is 6.40. The monoisotopic (exact) mass is 399 g/mol. The van der Waals surface area contributed by atoms with E-state index in [2.05, 4.69) is 16.5 Å². The molecule has 0 bridgehead atoms. The Bertz CT molecular complexity index is 1060. The van der Waals surface area contributed by atoms with Gasteiger partial charge in [-0.25, -0.2) is 4.39 Å². The molecular formula is C20H18FN3OS2. The maximum absolute atomic E-state index is 13.1. The Labute approximate surface area is 164 Å². The Balaban J connectivity index is 1.49. The Morgan fingerprint density at radius 3 is 2.81 bits per heavy atom. The number of benzene rings is 1. The van der Waals surface area contributed by atoms with E-state index >= 15 is 0 Å². The quantitative estimate of drug-likeness (QED) is 0.514. The summed E-state index contributed by atoms with van der Waals surface area (Å²) in [6, 6.07) is 12.4. The number of carbonyl (C=O) groups is 1. The fourth-order valence-electron chi connectivity index (χ4n) is 2.94. The second-order valence-corrected chi connectivity index (χ2v) is 8.35. The Hall–Kier alpha value is -2.51. The first kappa shape index (κ1) is 17.9. The van der Waals surface area contributed by atoms with Gasteiger partial charge in [-0.3, -0.25) is 9.48 Å². The fraction of sp³-hybridized carbons (Fsp3) is 0.200. The summed E-state index contributed by atoms with van der Waals surface area (Å²) in [5.74, 6) is -0.307. The van der Waals surface area contributed by atoms with E-state index in [0.717, 1.165) is 27.9 Å². The number of hydrogen-bond donors (Lipinski definition) is 1. The molecule has 0 fully saturated rings. The van der Waals surface area contributed by atoms with E-state index in [1.807, 2.05) is 29.1 Å². The minimum atomic E-state index is -0.252. The van der Waals surface area contributed by atoms with Crippen LogP contribution in [0, 0.1) is 12.7 Å². The molecule has 7 heteroatoms. The molecule has 0 radical (unpaired) electrons. The number of rotatable bonds is 6. The van der Waals surface area contributed by atoms with Gasteiger partial charge in [0, 0.05) is 16.8 Å². The van der Waals surface area contributed by atoms with Crippen molar-refractivity contribution in [3.05, 3.63) is 74.7 Å². The van der Waals surface area contributed by atoms with Crippen molar-refractivity contribution in [2.75, 3.05) is 6.54 Å². The van der Waals surface area contributed by atoms with Crippen molar-refractivity contribution in [2.24, 2.45) is 0 Å². The maximum Gasteiger partial charge on any atom is 0.261 e. The zero-order valence-electron chi connectivity index (χ0n) is 14.7. The van der Waals surface area contributed by atoms with E-state index in [1.54, 1.807) is 23.5 Å². The average molecular weight is 400 g/mol. The second-order valence-electron chi connectivity index (χ2n) is 6.28. The number of aromatic nitrogens is 2. The number of hydrogen-bond acceptors (Lipinski definition) is 4. The molecule has 4 aromatic rings. The van der Waals surface area contributed by atoms with Crippen molar-refractivity contribution in [1.29, 1.82) is 0 Å². The summed E-state index contributed by atoms with van der Waals surface area (Å²) in [6.07, 6.45) is 0.839. The first-order valence-corrected chi connectivity index (χ1v) is 10.3. The third kappa shape index (κ3) is 3.94. The number of aryl methyl sites for hydroxylation is 1. The van der Waals surface area contributed by atoms with Crippen LogP contribution in [0.15, 0.2) is 47.8 Å². The topological polar surface area (TPSA) is 46.9 Å². The number of fused-ring (bicyclic) bond motifs is 1.